The Labute approximate surface area is 174 Å². The molecule has 9 heteroatoms. The van der Waals surface area contributed by atoms with Gasteiger partial charge in [-0.2, -0.15) is 0 Å². The molecule has 160 valence electrons. The van der Waals surface area contributed by atoms with Gasteiger partial charge in [-0.25, -0.2) is 17.1 Å². The monoisotopic (exact) mass is 434 g/mol. The van der Waals surface area contributed by atoms with E-state index in [9.17, 15) is 17.6 Å². The Bertz CT molecular complexity index is 1190. The molecule has 0 fully saturated rings. The topological polar surface area (TPSA) is 88.8 Å². The largest absolute Gasteiger partial charge is 0.490 e. The third kappa shape index (κ3) is 4.17. The number of carbonyl (C=O) groups excluding carboxylic acids is 1. The number of hydrogen-bond donors (Lipinski definition) is 1. The third-order valence-electron chi connectivity index (χ3n) is 4.55. The molecule has 1 unspecified atom stereocenters. The van der Waals surface area contributed by atoms with Crippen LogP contribution in [-0.2, 0) is 10.0 Å². The Morgan fingerprint density at radius 2 is 1.97 bits per heavy atom. The van der Waals surface area contributed by atoms with Crippen molar-refractivity contribution in [3.63, 3.8) is 0 Å². The first-order valence-electron chi connectivity index (χ1n) is 9.33. The smallest absolute Gasteiger partial charge is 0.251 e. The summed E-state index contributed by atoms with van der Waals surface area (Å²) in [4.78, 5) is 12.1. The van der Waals surface area contributed by atoms with E-state index >= 15 is 0 Å². The lowest BCUT2D eigenvalue weighted by Gasteiger charge is -2.14. The fourth-order valence-corrected chi connectivity index (χ4v) is 3.91. The van der Waals surface area contributed by atoms with Gasteiger partial charge in [-0.05, 0) is 44.2 Å². The zero-order chi connectivity index (χ0) is 22.1. The molecule has 0 radical (unpaired) electrons. The van der Waals surface area contributed by atoms with E-state index in [1.54, 1.807) is 19.1 Å². The molecule has 1 aromatic heterocycles. The van der Waals surface area contributed by atoms with Gasteiger partial charge in [0.1, 0.15) is 16.5 Å². The van der Waals surface area contributed by atoms with Crippen LogP contribution in [0.25, 0.3) is 11.0 Å². The van der Waals surface area contributed by atoms with Crippen LogP contribution in [0, 0.1) is 5.82 Å². The first kappa shape index (κ1) is 21.8. The second-order valence-electron chi connectivity index (χ2n) is 6.88. The number of fused-ring (bicyclic) bond motifs is 1. The van der Waals surface area contributed by atoms with Gasteiger partial charge < -0.3 is 14.5 Å². The molecule has 30 heavy (non-hydrogen) atoms. The molecule has 1 heterocycles. The summed E-state index contributed by atoms with van der Waals surface area (Å²) < 4.78 is 51.0. The van der Waals surface area contributed by atoms with Gasteiger partial charge in [0.15, 0.2) is 11.3 Å². The molecule has 0 saturated carbocycles. The summed E-state index contributed by atoms with van der Waals surface area (Å²) in [5.74, 6) is -0.358. The van der Waals surface area contributed by atoms with E-state index in [0.29, 0.717) is 23.7 Å². The maximum Gasteiger partial charge on any atom is 0.251 e. The fourth-order valence-electron chi connectivity index (χ4n) is 2.93. The second-order valence-corrected chi connectivity index (χ2v) is 9.00. The lowest BCUT2D eigenvalue weighted by atomic mass is 10.1. The predicted octanol–water partition coefficient (Wildman–Crippen LogP) is 3.71. The van der Waals surface area contributed by atoms with Crippen molar-refractivity contribution in [2.24, 2.45) is 0 Å². The van der Waals surface area contributed by atoms with Gasteiger partial charge in [0, 0.05) is 25.0 Å². The van der Waals surface area contributed by atoms with Crippen molar-refractivity contribution in [3.05, 3.63) is 59.6 Å². The minimum Gasteiger partial charge on any atom is -0.490 e. The number of amides is 1. The molecular formula is C21H23FN2O5S. The first-order chi connectivity index (χ1) is 14.1. The first-order valence-corrected chi connectivity index (χ1v) is 10.8. The van der Waals surface area contributed by atoms with Gasteiger partial charge >= 0.3 is 0 Å². The third-order valence-corrected chi connectivity index (χ3v) is 6.38. The highest BCUT2D eigenvalue weighted by molar-refractivity contribution is 7.89. The Morgan fingerprint density at radius 1 is 1.23 bits per heavy atom. The predicted molar refractivity (Wildman–Crippen MR) is 111 cm³/mol. The van der Waals surface area contributed by atoms with E-state index in [1.165, 1.54) is 20.2 Å². The van der Waals surface area contributed by atoms with Crippen LogP contribution in [0.3, 0.4) is 0 Å². The number of para-hydroxylation sites is 1. The average molecular weight is 434 g/mol. The molecular weight excluding hydrogens is 411 g/mol. The van der Waals surface area contributed by atoms with Crippen LogP contribution in [0.15, 0.2) is 51.8 Å². The molecule has 0 spiro atoms. The van der Waals surface area contributed by atoms with Crippen LogP contribution in [0.2, 0.25) is 0 Å². The maximum atomic E-state index is 14.1. The van der Waals surface area contributed by atoms with E-state index in [2.05, 4.69) is 5.32 Å². The van der Waals surface area contributed by atoms with Gasteiger partial charge in [-0.1, -0.05) is 12.1 Å². The summed E-state index contributed by atoms with van der Waals surface area (Å²) in [6.45, 7) is 4.10. The second kappa shape index (κ2) is 8.45. The Hall–Kier alpha value is -2.91. The minimum absolute atomic E-state index is 0.0230. The molecule has 1 N–H and O–H groups in total. The normalized spacial score (nSPS) is 12.9. The Kier molecular flexibility index (Phi) is 6.14. The highest BCUT2D eigenvalue weighted by atomic mass is 32.2. The molecule has 3 rings (SSSR count). The highest BCUT2D eigenvalue weighted by Gasteiger charge is 2.24. The number of hydrogen-bond acceptors (Lipinski definition) is 5. The van der Waals surface area contributed by atoms with E-state index in [0.717, 1.165) is 21.8 Å². The van der Waals surface area contributed by atoms with Crippen LogP contribution < -0.4 is 10.1 Å². The van der Waals surface area contributed by atoms with Crippen LogP contribution in [0.1, 0.15) is 36.0 Å². The van der Waals surface area contributed by atoms with Crippen molar-refractivity contribution in [2.45, 2.75) is 24.8 Å². The van der Waals surface area contributed by atoms with E-state index < -0.39 is 32.7 Å². The molecule has 1 amide bonds. The summed E-state index contributed by atoms with van der Waals surface area (Å²) in [5, 5.41) is 3.58. The lowest BCUT2D eigenvalue weighted by molar-refractivity contribution is 0.0935. The van der Waals surface area contributed by atoms with Gasteiger partial charge in [-0.15, -0.1) is 0 Å². The summed E-state index contributed by atoms with van der Waals surface area (Å²) in [6, 6.07) is 10.0. The number of halogens is 1. The van der Waals surface area contributed by atoms with Gasteiger partial charge in [0.2, 0.25) is 10.0 Å². The lowest BCUT2D eigenvalue weighted by Crippen LogP contribution is -2.27. The van der Waals surface area contributed by atoms with Gasteiger partial charge in [0.05, 0.1) is 12.6 Å². The van der Waals surface area contributed by atoms with Crippen LogP contribution in [0.5, 0.6) is 5.75 Å². The van der Waals surface area contributed by atoms with Crippen molar-refractivity contribution in [3.8, 4) is 5.75 Å². The molecule has 0 aliphatic carbocycles. The number of ether oxygens (including phenoxy) is 1. The average Bonchev–Trinajstić information content (AvgIpc) is 3.13. The SMILES string of the molecule is CCOc1cccc2cc(C(C)NC(=O)c3ccc(F)c(S(=O)(=O)N(C)C)c3)oc12. The zero-order valence-electron chi connectivity index (χ0n) is 17.1. The molecule has 0 bridgehead atoms. The summed E-state index contributed by atoms with van der Waals surface area (Å²) >= 11 is 0. The number of furan rings is 1. The zero-order valence-corrected chi connectivity index (χ0v) is 17.9. The van der Waals surface area contributed by atoms with Gasteiger partial charge in [-0.3, -0.25) is 4.79 Å². The maximum absolute atomic E-state index is 14.1. The molecule has 0 saturated heterocycles. The van der Waals surface area contributed by atoms with Crippen LogP contribution in [0.4, 0.5) is 4.39 Å². The molecule has 3 aromatic rings. The number of benzene rings is 2. The number of nitrogens with one attached hydrogen (secondary N) is 1. The standard InChI is InChI=1S/C21H23FN2O5S/c1-5-28-17-8-6-7-14-11-18(29-20(14)17)13(2)23-21(25)15-9-10-16(22)19(12-15)30(26,27)24(3)4/h6-13H,5H2,1-4H3,(H,23,25). The molecule has 2 aromatic carbocycles. The number of nitrogens with zero attached hydrogens (tertiary/aromatic N) is 1. The number of rotatable bonds is 7. The van der Waals surface area contributed by atoms with Crippen molar-refractivity contribution < 1.29 is 26.8 Å². The number of sulfonamides is 1. The molecule has 7 nitrogen and oxygen atoms in total. The minimum atomic E-state index is -4.03. The van der Waals surface area contributed by atoms with E-state index in [1.807, 2.05) is 19.1 Å². The summed E-state index contributed by atoms with van der Waals surface area (Å²) in [7, 11) is -1.44. The van der Waals surface area contributed by atoms with Crippen LogP contribution >= 0.6 is 0 Å². The fraction of sp³-hybridized carbons (Fsp3) is 0.286. The van der Waals surface area contributed by atoms with Crippen LogP contribution in [-0.4, -0.2) is 39.3 Å². The summed E-state index contributed by atoms with van der Waals surface area (Å²) in [5.41, 5.74) is 0.603. The van der Waals surface area contributed by atoms with Crippen molar-refractivity contribution >= 4 is 26.9 Å². The molecule has 0 aliphatic heterocycles. The summed E-state index contributed by atoms with van der Waals surface area (Å²) in [6.07, 6.45) is 0. The molecule has 0 aliphatic rings. The molecule has 1 atom stereocenters. The van der Waals surface area contributed by atoms with Crippen molar-refractivity contribution in [2.75, 3.05) is 20.7 Å². The Balaban J connectivity index is 1.86. The Morgan fingerprint density at radius 3 is 2.63 bits per heavy atom. The highest BCUT2D eigenvalue weighted by Crippen LogP contribution is 2.31. The van der Waals surface area contributed by atoms with E-state index in [-0.39, 0.29) is 5.56 Å². The van der Waals surface area contributed by atoms with E-state index in [4.69, 9.17) is 9.15 Å². The van der Waals surface area contributed by atoms with Crippen molar-refractivity contribution in [1.82, 2.24) is 9.62 Å². The van der Waals surface area contributed by atoms with Crippen molar-refractivity contribution in [1.29, 1.82) is 0 Å². The number of carbonyl (C=O) groups is 1. The van der Waals surface area contributed by atoms with Gasteiger partial charge in [0.25, 0.3) is 5.91 Å². The quantitative estimate of drug-likeness (QED) is 0.612.